The van der Waals surface area contributed by atoms with Gasteiger partial charge in [0.25, 0.3) is 0 Å². The maximum absolute atomic E-state index is 13.1. The SMILES string of the molecule is CCNC(=NCCc1ccc(F)c(Br)c1)NC1CC1.I. The summed E-state index contributed by atoms with van der Waals surface area (Å²) in [5.74, 6) is 0.655. The number of benzene rings is 1. The Labute approximate surface area is 145 Å². The molecule has 0 radical (unpaired) electrons. The molecular formula is C14H20BrFIN3. The molecule has 0 spiro atoms. The van der Waals surface area contributed by atoms with Crippen LogP contribution in [-0.2, 0) is 6.42 Å². The summed E-state index contributed by atoms with van der Waals surface area (Å²) in [4.78, 5) is 4.53. The predicted molar refractivity (Wildman–Crippen MR) is 95.4 cm³/mol. The highest BCUT2D eigenvalue weighted by Crippen LogP contribution is 2.18. The number of nitrogens with zero attached hydrogens (tertiary/aromatic N) is 1. The standard InChI is InChI=1S/C14H19BrFN3.HI/c1-2-17-14(19-11-4-5-11)18-8-7-10-3-6-13(16)12(15)9-10;/h3,6,9,11H,2,4-5,7-8H2,1H3,(H2,17,18,19);1H. The summed E-state index contributed by atoms with van der Waals surface area (Å²) in [6, 6.07) is 5.69. The molecule has 0 aromatic heterocycles. The fourth-order valence-corrected chi connectivity index (χ4v) is 2.16. The fraction of sp³-hybridized carbons (Fsp3) is 0.500. The van der Waals surface area contributed by atoms with Crippen molar-refractivity contribution in [3.8, 4) is 0 Å². The molecule has 6 heteroatoms. The van der Waals surface area contributed by atoms with Crippen molar-refractivity contribution in [1.29, 1.82) is 0 Å². The topological polar surface area (TPSA) is 36.4 Å². The monoisotopic (exact) mass is 455 g/mol. The Bertz CT molecular complexity index is 464. The minimum absolute atomic E-state index is 0. The normalized spacial score (nSPS) is 14.7. The van der Waals surface area contributed by atoms with E-state index < -0.39 is 0 Å². The minimum atomic E-state index is -0.226. The van der Waals surface area contributed by atoms with Gasteiger partial charge < -0.3 is 10.6 Å². The van der Waals surface area contributed by atoms with Crippen LogP contribution in [0, 0.1) is 5.82 Å². The second-order valence-corrected chi connectivity index (χ2v) is 5.53. The first-order valence-corrected chi connectivity index (χ1v) is 7.47. The smallest absolute Gasteiger partial charge is 0.191 e. The number of nitrogens with one attached hydrogen (secondary N) is 2. The van der Waals surface area contributed by atoms with Gasteiger partial charge in [-0.25, -0.2) is 4.39 Å². The van der Waals surface area contributed by atoms with Gasteiger partial charge in [-0.2, -0.15) is 0 Å². The van der Waals surface area contributed by atoms with E-state index in [1.165, 1.54) is 18.9 Å². The summed E-state index contributed by atoms with van der Waals surface area (Å²) in [6.07, 6.45) is 3.27. The van der Waals surface area contributed by atoms with E-state index in [0.29, 0.717) is 17.1 Å². The van der Waals surface area contributed by atoms with Crippen LogP contribution in [0.2, 0.25) is 0 Å². The zero-order valence-corrected chi connectivity index (χ0v) is 15.4. The number of halogens is 3. The van der Waals surface area contributed by atoms with Gasteiger partial charge >= 0.3 is 0 Å². The lowest BCUT2D eigenvalue weighted by molar-refractivity contribution is 0.620. The van der Waals surface area contributed by atoms with Crippen LogP contribution in [0.5, 0.6) is 0 Å². The maximum atomic E-state index is 13.1. The van der Waals surface area contributed by atoms with Crippen molar-refractivity contribution >= 4 is 45.9 Å². The number of hydrogen-bond acceptors (Lipinski definition) is 1. The van der Waals surface area contributed by atoms with Crippen LogP contribution < -0.4 is 10.6 Å². The molecular weight excluding hydrogens is 436 g/mol. The molecule has 2 N–H and O–H groups in total. The average molecular weight is 456 g/mol. The Kier molecular flexibility index (Phi) is 7.79. The third-order valence-electron chi connectivity index (χ3n) is 2.92. The lowest BCUT2D eigenvalue weighted by Crippen LogP contribution is -2.38. The van der Waals surface area contributed by atoms with Crippen LogP contribution in [0.3, 0.4) is 0 Å². The Morgan fingerprint density at radius 1 is 1.45 bits per heavy atom. The van der Waals surface area contributed by atoms with Crippen molar-refractivity contribution in [1.82, 2.24) is 10.6 Å². The molecule has 0 bridgehead atoms. The van der Waals surface area contributed by atoms with E-state index in [9.17, 15) is 4.39 Å². The van der Waals surface area contributed by atoms with Gasteiger partial charge in [0, 0.05) is 19.1 Å². The lowest BCUT2D eigenvalue weighted by atomic mass is 10.1. The molecule has 0 amide bonds. The van der Waals surface area contributed by atoms with Gasteiger partial charge in [0.2, 0.25) is 0 Å². The Balaban J connectivity index is 0.00000200. The maximum Gasteiger partial charge on any atom is 0.191 e. The zero-order chi connectivity index (χ0) is 13.7. The number of rotatable bonds is 5. The summed E-state index contributed by atoms with van der Waals surface area (Å²) in [5, 5.41) is 6.60. The summed E-state index contributed by atoms with van der Waals surface area (Å²) in [7, 11) is 0. The Morgan fingerprint density at radius 2 is 2.20 bits per heavy atom. The van der Waals surface area contributed by atoms with Gasteiger partial charge in [-0.3, -0.25) is 4.99 Å². The third-order valence-corrected chi connectivity index (χ3v) is 3.52. The first-order chi connectivity index (χ1) is 9.19. The van der Waals surface area contributed by atoms with Crippen LogP contribution in [0.4, 0.5) is 4.39 Å². The predicted octanol–water partition coefficient (Wildman–Crippen LogP) is 3.47. The van der Waals surface area contributed by atoms with Crippen molar-refractivity contribution in [3.63, 3.8) is 0 Å². The second-order valence-electron chi connectivity index (χ2n) is 4.68. The quantitative estimate of drug-likeness (QED) is 0.405. The van der Waals surface area contributed by atoms with E-state index in [0.717, 1.165) is 24.5 Å². The van der Waals surface area contributed by atoms with E-state index >= 15 is 0 Å². The van der Waals surface area contributed by atoms with Gasteiger partial charge in [-0.1, -0.05) is 6.07 Å². The van der Waals surface area contributed by atoms with Crippen molar-refractivity contribution in [3.05, 3.63) is 34.1 Å². The lowest BCUT2D eigenvalue weighted by Gasteiger charge is -2.10. The molecule has 3 nitrogen and oxygen atoms in total. The number of guanidine groups is 1. The zero-order valence-electron chi connectivity index (χ0n) is 11.5. The van der Waals surface area contributed by atoms with Crippen LogP contribution in [0.15, 0.2) is 27.7 Å². The van der Waals surface area contributed by atoms with Crippen LogP contribution >= 0.6 is 39.9 Å². The Hall–Kier alpha value is -0.370. The second kappa shape index (κ2) is 8.81. The number of aliphatic imine (C=N–C) groups is 1. The largest absolute Gasteiger partial charge is 0.357 e. The number of hydrogen-bond donors (Lipinski definition) is 2. The molecule has 1 fully saturated rings. The van der Waals surface area contributed by atoms with Crippen LogP contribution in [0.25, 0.3) is 0 Å². The summed E-state index contributed by atoms with van der Waals surface area (Å²) < 4.78 is 13.6. The molecule has 0 atom stereocenters. The average Bonchev–Trinajstić information content (AvgIpc) is 3.18. The molecule has 1 saturated carbocycles. The van der Waals surface area contributed by atoms with Crippen LogP contribution in [-0.4, -0.2) is 25.1 Å². The van der Waals surface area contributed by atoms with Gasteiger partial charge in [-0.05, 0) is 59.8 Å². The van der Waals surface area contributed by atoms with Crippen molar-refractivity contribution < 1.29 is 4.39 Å². The molecule has 20 heavy (non-hydrogen) atoms. The van der Waals surface area contributed by atoms with Gasteiger partial charge in [0.05, 0.1) is 4.47 Å². The van der Waals surface area contributed by atoms with E-state index in [4.69, 9.17) is 0 Å². The molecule has 1 aliphatic carbocycles. The summed E-state index contributed by atoms with van der Waals surface area (Å²) in [6.45, 7) is 3.61. The summed E-state index contributed by atoms with van der Waals surface area (Å²) >= 11 is 3.20. The first-order valence-electron chi connectivity index (χ1n) is 6.68. The van der Waals surface area contributed by atoms with Crippen LogP contribution in [0.1, 0.15) is 25.3 Å². The molecule has 1 aromatic rings. The molecule has 0 saturated heterocycles. The molecule has 1 aliphatic rings. The van der Waals surface area contributed by atoms with Crippen molar-refractivity contribution in [2.75, 3.05) is 13.1 Å². The van der Waals surface area contributed by atoms with E-state index in [1.807, 2.05) is 6.07 Å². The van der Waals surface area contributed by atoms with Gasteiger partial charge in [0.15, 0.2) is 5.96 Å². The molecule has 112 valence electrons. The van der Waals surface area contributed by atoms with E-state index in [-0.39, 0.29) is 29.8 Å². The summed E-state index contributed by atoms with van der Waals surface area (Å²) in [5.41, 5.74) is 1.08. The highest BCUT2D eigenvalue weighted by molar-refractivity contribution is 14.0. The van der Waals surface area contributed by atoms with Gasteiger partial charge in [0.1, 0.15) is 5.82 Å². The minimum Gasteiger partial charge on any atom is -0.357 e. The fourth-order valence-electron chi connectivity index (χ4n) is 1.73. The first kappa shape index (κ1) is 17.7. The van der Waals surface area contributed by atoms with E-state index in [2.05, 4.69) is 38.5 Å². The molecule has 2 rings (SSSR count). The third kappa shape index (κ3) is 5.95. The van der Waals surface area contributed by atoms with E-state index in [1.54, 1.807) is 6.07 Å². The molecule has 0 unspecified atom stereocenters. The Morgan fingerprint density at radius 3 is 2.80 bits per heavy atom. The van der Waals surface area contributed by atoms with Crippen molar-refractivity contribution in [2.45, 2.75) is 32.2 Å². The van der Waals surface area contributed by atoms with Crippen molar-refractivity contribution in [2.24, 2.45) is 4.99 Å². The highest BCUT2D eigenvalue weighted by atomic mass is 127. The molecule has 0 heterocycles. The molecule has 0 aliphatic heterocycles. The highest BCUT2D eigenvalue weighted by Gasteiger charge is 2.21. The van der Waals surface area contributed by atoms with Gasteiger partial charge in [-0.15, -0.1) is 24.0 Å². The molecule has 1 aromatic carbocycles.